The summed E-state index contributed by atoms with van der Waals surface area (Å²) >= 11 is 5.81. The zero-order valence-electron chi connectivity index (χ0n) is 11.5. The number of nitrogens with zero attached hydrogens (tertiary/aromatic N) is 1. The number of aromatic carboxylic acids is 1. The molecule has 1 heterocycles. The highest BCUT2D eigenvalue weighted by Crippen LogP contribution is 2.23. The molecule has 2 N–H and O–H groups in total. The van der Waals surface area contributed by atoms with Crippen LogP contribution in [-0.2, 0) is 0 Å². The van der Waals surface area contributed by atoms with E-state index in [1.807, 2.05) is 0 Å². The van der Waals surface area contributed by atoms with E-state index in [1.165, 1.54) is 18.3 Å². The number of halogens is 1. The molecule has 5 nitrogen and oxygen atoms in total. The van der Waals surface area contributed by atoms with Crippen molar-refractivity contribution < 1.29 is 14.7 Å². The normalized spacial score (nSPS) is 10.2. The van der Waals surface area contributed by atoms with Crippen LogP contribution in [0.15, 0.2) is 30.5 Å². The maximum atomic E-state index is 12.2. The predicted molar refractivity (Wildman–Crippen MR) is 80.1 cm³/mol. The van der Waals surface area contributed by atoms with Crippen molar-refractivity contribution in [3.63, 3.8) is 0 Å². The van der Waals surface area contributed by atoms with Crippen LogP contribution in [0.25, 0.3) is 0 Å². The summed E-state index contributed by atoms with van der Waals surface area (Å²) in [6.07, 6.45) is 1.41. The number of hydrogen-bond acceptors (Lipinski definition) is 3. The SMILES string of the molecule is Cc1cc(C)c(NC(=O)c2cc(Cl)ccn2)c(C(=O)O)c1. The molecule has 0 spiro atoms. The van der Waals surface area contributed by atoms with Crippen molar-refractivity contribution >= 4 is 29.2 Å². The summed E-state index contributed by atoms with van der Waals surface area (Å²) in [6, 6.07) is 6.28. The molecule has 0 aliphatic rings. The molecular weight excluding hydrogens is 292 g/mol. The van der Waals surface area contributed by atoms with Gasteiger partial charge in [0.1, 0.15) is 5.69 Å². The Bertz CT molecular complexity index is 729. The van der Waals surface area contributed by atoms with Gasteiger partial charge in [-0.1, -0.05) is 17.7 Å². The van der Waals surface area contributed by atoms with Gasteiger partial charge in [0.15, 0.2) is 0 Å². The van der Waals surface area contributed by atoms with Gasteiger partial charge in [-0.15, -0.1) is 0 Å². The van der Waals surface area contributed by atoms with Crippen LogP contribution in [0.4, 0.5) is 5.69 Å². The first-order valence-corrected chi connectivity index (χ1v) is 6.53. The van der Waals surface area contributed by atoms with Gasteiger partial charge in [0.2, 0.25) is 0 Å². The highest BCUT2D eigenvalue weighted by atomic mass is 35.5. The number of carboxylic acids is 1. The number of carbonyl (C=O) groups is 2. The van der Waals surface area contributed by atoms with Crippen molar-refractivity contribution in [2.75, 3.05) is 5.32 Å². The summed E-state index contributed by atoms with van der Waals surface area (Å²) < 4.78 is 0. The summed E-state index contributed by atoms with van der Waals surface area (Å²) in [6.45, 7) is 3.53. The second-order valence-corrected chi connectivity index (χ2v) is 5.06. The minimum atomic E-state index is -1.10. The van der Waals surface area contributed by atoms with E-state index in [0.717, 1.165) is 5.56 Å². The molecule has 6 heteroatoms. The third kappa shape index (κ3) is 3.38. The Morgan fingerprint density at radius 2 is 1.95 bits per heavy atom. The molecule has 2 aromatic rings. The minimum Gasteiger partial charge on any atom is -0.478 e. The molecule has 0 radical (unpaired) electrons. The summed E-state index contributed by atoms with van der Waals surface area (Å²) in [5.41, 5.74) is 1.91. The van der Waals surface area contributed by atoms with Crippen LogP contribution < -0.4 is 5.32 Å². The third-order valence-electron chi connectivity index (χ3n) is 2.90. The van der Waals surface area contributed by atoms with Crippen molar-refractivity contribution in [1.29, 1.82) is 0 Å². The molecule has 108 valence electrons. The summed E-state index contributed by atoms with van der Waals surface area (Å²) in [5, 5.41) is 12.2. The summed E-state index contributed by atoms with van der Waals surface area (Å²) in [4.78, 5) is 27.4. The van der Waals surface area contributed by atoms with E-state index in [4.69, 9.17) is 11.6 Å². The van der Waals surface area contributed by atoms with Crippen LogP contribution in [0.2, 0.25) is 5.02 Å². The number of aromatic nitrogens is 1. The smallest absolute Gasteiger partial charge is 0.337 e. The number of benzene rings is 1. The molecular formula is C15H13ClN2O3. The Hall–Kier alpha value is -2.40. The molecule has 0 saturated heterocycles. The van der Waals surface area contributed by atoms with Gasteiger partial charge in [-0.25, -0.2) is 4.79 Å². The third-order valence-corrected chi connectivity index (χ3v) is 3.14. The average molecular weight is 305 g/mol. The number of amides is 1. The first-order chi connectivity index (χ1) is 9.88. The fraction of sp³-hybridized carbons (Fsp3) is 0.133. The number of carboxylic acid groups (broad SMARTS) is 1. The lowest BCUT2D eigenvalue weighted by molar-refractivity contribution is 0.0698. The maximum Gasteiger partial charge on any atom is 0.337 e. The van der Waals surface area contributed by atoms with Gasteiger partial charge >= 0.3 is 5.97 Å². The molecule has 2 rings (SSSR count). The molecule has 0 fully saturated rings. The molecule has 0 unspecified atom stereocenters. The van der Waals surface area contributed by atoms with E-state index >= 15 is 0 Å². The second kappa shape index (κ2) is 5.93. The summed E-state index contributed by atoms with van der Waals surface area (Å²) in [5.74, 6) is -1.61. The number of carbonyl (C=O) groups excluding carboxylic acids is 1. The Labute approximate surface area is 126 Å². The zero-order chi connectivity index (χ0) is 15.6. The molecule has 1 aromatic carbocycles. The lowest BCUT2D eigenvalue weighted by Crippen LogP contribution is -2.17. The molecule has 0 aliphatic carbocycles. The highest BCUT2D eigenvalue weighted by molar-refractivity contribution is 6.31. The number of pyridine rings is 1. The van der Waals surface area contributed by atoms with Crippen molar-refractivity contribution in [3.05, 3.63) is 57.9 Å². The Balaban J connectivity index is 2.39. The van der Waals surface area contributed by atoms with Crippen LogP contribution in [0.5, 0.6) is 0 Å². The summed E-state index contributed by atoms with van der Waals surface area (Å²) in [7, 11) is 0. The van der Waals surface area contributed by atoms with E-state index in [1.54, 1.807) is 26.0 Å². The van der Waals surface area contributed by atoms with Gasteiger partial charge in [0.05, 0.1) is 11.3 Å². The van der Waals surface area contributed by atoms with Crippen LogP contribution in [0, 0.1) is 13.8 Å². The van der Waals surface area contributed by atoms with Gasteiger partial charge in [-0.05, 0) is 43.2 Å². The predicted octanol–water partition coefficient (Wildman–Crippen LogP) is 3.30. The fourth-order valence-corrected chi connectivity index (χ4v) is 2.17. The van der Waals surface area contributed by atoms with E-state index in [-0.39, 0.29) is 16.9 Å². The largest absolute Gasteiger partial charge is 0.478 e. The lowest BCUT2D eigenvalue weighted by Gasteiger charge is -2.12. The second-order valence-electron chi connectivity index (χ2n) is 4.62. The first-order valence-electron chi connectivity index (χ1n) is 6.16. The van der Waals surface area contributed by atoms with Crippen molar-refractivity contribution in [1.82, 2.24) is 4.98 Å². The van der Waals surface area contributed by atoms with Gasteiger partial charge in [-0.3, -0.25) is 9.78 Å². The number of anilines is 1. The standard InChI is InChI=1S/C15H13ClN2O3/c1-8-5-9(2)13(11(6-8)15(20)21)18-14(19)12-7-10(16)3-4-17-12/h3-7H,1-2H3,(H,18,19)(H,20,21). The highest BCUT2D eigenvalue weighted by Gasteiger charge is 2.17. The fourth-order valence-electron chi connectivity index (χ4n) is 2.01. The zero-order valence-corrected chi connectivity index (χ0v) is 12.2. The van der Waals surface area contributed by atoms with Crippen LogP contribution in [0.1, 0.15) is 32.0 Å². The maximum absolute atomic E-state index is 12.2. The quantitative estimate of drug-likeness (QED) is 0.912. The van der Waals surface area contributed by atoms with Crippen molar-refractivity contribution in [2.45, 2.75) is 13.8 Å². The number of rotatable bonds is 3. The molecule has 0 atom stereocenters. The van der Waals surface area contributed by atoms with Crippen molar-refractivity contribution in [3.8, 4) is 0 Å². The number of aryl methyl sites for hydroxylation is 2. The first kappa shape index (κ1) is 15.0. The van der Waals surface area contributed by atoms with Gasteiger partial charge in [0.25, 0.3) is 5.91 Å². The molecule has 1 amide bonds. The van der Waals surface area contributed by atoms with Gasteiger partial charge in [0, 0.05) is 11.2 Å². The average Bonchev–Trinajstić information content (AvgIpc) is 2.41. The monoisotopic (exact) mass is 304 g/mol. The number of hydrogen-bond donors (Lipinski definition) is 2. The Morgan fingerprint density at radius 3 is 2.57 bits per heavy atom. The number of nitrogens with one attached hydrogen (secondary N) is 1. The molecule has 0 aliphatic heterocycles. The molecule has 1 aromatic heterocycles. The molecule has 0 bridgehead atoms. The van der Waals surface area contributed by atoms with E-state index < -0.39 is 11.9 Å². The lowest BCUT2D eigenvalue weighted by atomic mass is 10.0. The van der Waals surface area contributed by atoms with Gasteiger partial charge in [-0.2, -0.15) is 0 Å². The van der Waals surface area contributed by atoms with Crippen LogP contribution >= 0.6 is 11.6 Å². The van der Waals surface area contributed by atoms with E-state index in [9.17, 15) is 14.7 Å². The Kier molecular flexibility index (Phi) is 4.23. The Morgan fingerprint density at radius 1 is 1.24 bits per heavy atom. The minimum absolute atomic E-state index is 0.0443. The van der Waals surface area contributed by atoms with Crippen molar-refractivity contribution in [2.24, 2.45) is 0 Å². The van der Waals surface area contributed by atoms with E-state index in [0.29, 0.717) is 10.6 Å². The molecule has 0 saturated carbocycles. The molecule has 21 heavy (non-hydrogen) atoms. The van der Waals surface area contributed by atoms with E-state index in [2.05, 4.69) is 10.3 Å². The topological polar surface area (TPSA) is 79.3 Å². The van der Waals surface area contributed by atoms with Crippen LogP contribution in [0.3, 0.4) is 0 Å². The van der Waals surface area contributed by atoms with Crippen LogP contribution in [-0.4, -0.2) is 22.0 Å². The van der Waals surface area contributed by atoms with Gasteiger partial charge < -0.3 is 10.4 Å².